The van der Waals surface area contributed by atoms with Crippen molar-refractivity contribution in [3.63, 3.8) is 0 Å². The molecule has 79 heavy (non-hydrogen) atoms. The summed E-state index contributed by atoms with van der Waals surface area (Å²) < 4.78 is 0. The number of aliphatic hydroxyl groups is 2. The lowest BCUT2D eigenvalue weighted by molar-refractivity contribution is -0.146. The van der Waals surface area contributed by atoms with Crippen molar-refractivity contribution in [3.8, 4) is 11.5 Å². The second kappa shape index (κ2) is 31.1. The molecule has 1 aliphatic rings. The molecule has 0 radical (unpaired) electrons. The number of amides is 10. The lowest BCUT2D eigenvalue weighted by Crippen LogP contribution is -2.61. The van der Waals surface area contributed by atoms with Gasteiger partial charge in [-0.1, -0.05) is 44.5 Å². The molecule has 1 saturated heterocycles. The standard InChI is InChI=1S/C50H71N11O18/c1-4-24(2)40(48(76)60-41(25(3)63)50(78)79)59-47(75)36-6-5-19-61(36)49(77)34(21-27-9-13-29(65)14-10-27)57-46(74)35(23-62)58-45(73)33(22-39(68)69)56-44(72)32(20-26-7-11-28(64)12-8-26)55-43(71)31(16-18-38(53)67)54-42(70)30(51)15-17-37(52)66/h7-14,24-25,30-36,40-41,62-65H,4-6,15-23,51H2,1-3H3,(H2,52,66)(H2,53,67)(H,54,70)(H,55,71)(H,56,72)(H,57,74)(H,58,73)(H,59,75)(H,60,76)(H,68,69)(H,78,79)/t24-,25+,30-,31-,32-,33-,34-,35-,36-,40-,41-/m0/s1. The van der Waals surface area contributed by atoms with Crippen molar-refractivity contribution in [2.75, 3.05) is 13.2 Å². The third kappa shape index (κ3) is 20.8. The molecule has 2 aromatic carbocycles. The zero-order valence-electron chi connectivity index (χ0n) is 43.7. The molecule has 0 spiro atoms. The van der Waals surface area contributed by atoms with Gasteiger partial charge in [-0.05, 0) is 73.9 Å². The summed E-state index contributed by atoms with van der Waals surface area (Å²) in [6.45, 7) is 3.26. The minimum Gasteiger partial charge on any atom is -0.508 e. The molecule has 0 aromatic heterocycles. The van der Waals surface area contributed by atoms with E-state index in [4.69, 9.17) is 17.2 Å². The number of aromatic hydroxyl groups is 2. The zero-order valence-corrected chi connectivity index (χ0v) is 43.7. The number of nitrogens with two attached hydrogens (primary N) is 3. The highest BCUT2D eigenvalue weighted by Gasteiger charge is 2.41. The number of carboxylic acids is 2. The topological polar surface area (TPSA) is 492 Å². The average molecular weight is 1110 g/mol. The second-order valence-corrected chi connectivity index (χ2v) is 19.1. The molecule has 3 rings (SSSR count). The molecule has 19 N–H and O–H groups in total. The largest absolute Gasteiger partial charge is 0.508 e. The number of benzene rings is 2. The van der Waals surface area contributed by atoms with Gasteiger partial charge in [-0.2, -0.15) is 0 Å². The number of carbonyl (C=O) groups is 12. The lowest BCUT2D eigenvalue weighted by Gasteiger charge is -2.32. The third-order valence-electron chi connectivity index (χ3n) is 12.9. The molecule has 29 nitrogen and oxygen atoms in total. The van der Waals surface area contributed by atoms with Gasteiger partial charge in [0.15, 0.2) is 6.04 Å². The normalized spacial score (nSPS) is 16.8. The van der Waals surface area contributed by atoms with Gasteiger partial charge in [0.25, 0.3) is 0 Å². The van der Waals surface area contributed by atoms with Crippen LogP contribution in [0.25, 0.3) is 0 Å². The summed E-state index contributed by atoms with van der Waals surface area (Å²) in [5.41, 5.74) is 17.0. The number of hydrogen-bond acceptors (Lipinski definition) is 17. The predicted molar refractivity (Wildman–Crippen MR) is 275 cm³/mol. The quantitative estimate of drug-likeness (QED) is 0.0326. The molecule has 1 fully saturated rings. The van der Waals surface area contributed by atoms with Gasteiger partial charge in [0.05, 0.1) is 25.2 Å². The summed E-state index contributed by atoms with van der Waals surface area (Å²) in [6, 6.07) is -3.89. The fourth-order valence-electron chi connectivity index (χ4n) is 8.16. The Morgan fingerprint density at radius 3 is 1.58 bits per heavy atom. The first-order valence-electron chi connectivity index (χ1n) is 25.2. The van der Waals surface area contributed by atoms with E-state index in [1.54, 1.807) is 13.8 Å². The summed E-state index contributed by atoms with van der Waals surface area (Å²) in [6.07, 6.45) is -4.11. The molecule has 1 heterocycles. The Balaban J connectivity index is 1.92. The SMILES string of the molecule is CC[C@H](C)[C@H](NC(=O)[C@@H]1CCCN1C(=O)[C@H](Cc1ccc(O)cc1)NC(=O)[C@H](CO)NC(=O)[C@H](CC(=O)O)NC(=O)[C@H](Cc1ccc(O)cc1)NC(=O)[C@H](CCC(N)=O)NC(=O)[C@@H](N)CCC(N)=O)C(=O)N[C@H](C(=O)O)[C@@H](C)O. The van der Waals surface area contributed by atoms with Crippen LogP contribution in [0.3, 0.4) is 0 Å². The number of aliphatic carboxylic acids is 2. The number of carboxylic acid groups (broad SMARTS) is 2. The van der Waals surface area contributed by atoms with Crippen molar-refractivity contribution in [2.24, 2.45) is 23.1 Å². The van der Waals surface area contributed by atoms with Crippen LogP contribution in [0.1, 0.15) is 83.3 Å². The van der Waals surface area contributed by atoms with Crippen molar-refractivity contribution in [2.45, 2.75) is 145 Å². The molecular weight excluding hydrogens is 1040 g/mol. The van der Waals surface area contributed by atoms with Gasteiger partial charge >= 0.3 is 11.9 Å². The summed E-state index contributed by atoms with van der Waals surface area (Å²) in [7, 11) is 0. The molecule has 10 amide bonds. The number of rotatable bonds is 32. The Morgan fingerprint density at radius 2 is 1.08 bits per heavy atom. The maximum absolute atomic E-state index is 14.5. The number of hydrogen-bond donors (Lipinski definition) is 16. The van der Waals surface area contributed by atoms with Gasteiger partial charge < -0.3 is 90.0 Å². The fraction of sp³-hybridized carbons (Fsp3) is 0.520. The maximum atomic E-state index is 14.5. The molecule has 29 heteroatoms. The Labute approximate surface area is 453 Å². The van der Waals surface area contributed by atoms with E-state index in [1.807, 2.05) is 0 Å². The number of nitrogens with zero attached hydrogens (tertiary/aromatic N) is 1. The van der Waals surface area contributed by atoms with Crippen LogP contribution in [0, 0.1) is 5.92 Å². The van der Waals surface area contributed by atoms with Crippen LogP contribution in [-0.2, 0) is 70.4 Å². The van der Waals surface area contributed by atoms with Crippen LogP contribution in [-0.4, -0.2) is 180 Å². The molecule has 0 saturated carbocycles. The van der Waals surface area contributed by atoms with E-state index in [9.17, 15) is 88.2 Å². The maximum Gasteiger partial charge on any atom is 0.328 e. The summed E-state index contributed by atoms with van der Waals surface area (Å²) >= 11 is 0. The number of nitrogens with one attached hydrogen (secondary N) is 7. The van der Waals surface area contributed by atoms with Crippen LogP contribution in [0.4, 0.5) is 0 Å². The van der Waals surface area contributed by atoms with Crippen LogP contribution in [0.15, 0.2) is 48.5 Å². The van der Waals surface area contributed by atoms with E-state index in [1.165, 1.54) is 48.5 Å². The Kier molecular flexibility index (Phi) is 25.5. The van der Waals surface area contributed by atoms with Gasteiger partial charge in [-0.25, -0.2) is 4.79 Å². The Morgan fingerprint density at radius 1 is 0.608 bits per heavy atom. The van der Waals surface area contributed by atoms with Gasteiger partial charge in [-0.15, -0.1) is 0 Å². The minimum atomic E-state index is -2.05. The van der Waals surface area contributed by atoms with Gasteiger partial charge in [0.2, 0.25) is 59.1 Å². The van der Waals surface area contributed by atoms with E-state index in [0.717, 1.165) is 11.8 Å². The first-order valence-corrected chi connectivity index (χ1v) is 25.2. The van der Waals surface area contributed by atoms with Crippen molar-refractivity contribution >= 4 is 71.0 Å². The molecule has 434 valence electrons. The molecule has 0 bridgehead atoms. The molecule has 11 atom stereocenters. The number of primary amides is 2. The number of aliphatic hydroxyl groups excluding tert-OH is 2. The molecule has 1 aliphatic heterocycles. The highest BCUT2D eigenvalue weighted by molar-refractivity contribution is 5.99. The predicted octanol–water partition coefficient (Wildman–Crippen LogP) is -4.90. The monoisotopic (exact) mass is 1110 g/mol. The highest BCUT2D eigenvalue weighted by Crippen LogP contribution is 2.22. The number of phenols is 2. The van der Waals surface area contributed by atoms with Crippen LogP contribution in [0.2, 0.25) is 0 Å². The summed E-state index contributed by atoms with van der Waals surface area (Å²) in [4.78, 5) is 159. The summed E-state index contributed by atoms with van der Waals surface area (Å²) in [5, 5.41) is 76.0. The summed E-state index contributed by atoms with van der Waals surface area (Å²) in [5.74, 6) is -14.2. The van der Waals surface area contributed by atoms with Crippen LogP contribution in [0.5, 0.6) is 11.5 Å². The van der Waals surface area contributed by atoms with Crippen molar-refractivity contribution in [1.82, 2.24) is 42.1 Å². The highest BCUT2D eigenvalue weighted by atomic mass is 16.4. The smallest absolute Gasteiger partial charge is 0.328 e. The van der Waals surface area contributed by atoms with E-state index in [-0.39, 0.29) is 50.1 Å². The van der Waals surface area contributed by atoms with E-state index >= 15 is 0 Å². The Hall–Kier alpha value is -8.44. The van der Waals surface area contributed by atoms with Gasteiger partial charge in [0.1, 0.15) is 53.8 Å². The zero-order chi connectivity index (χ0) is 59.3. The molecule has 0 unspecified atom stereocenters. The van der Waals surface area contributed by atoms with Gasteiger partial charge in [0, 0.05) is 32.2 Å². The van der Waals surface area contributed by atoms with Crippen LogP contribution < -0.4 is 54.4 Å². The molecule has 0 aliphatic carbocycles. The third-order valence-corrected chi connectivity index (χ3v) is 12.9. The number of likely N-dealkylation sites (tertiary alicyclic amines) is 1. The lowest BCUT2D eigenvalue weighted by atomic mass is 9.97. The van der Waals surface area contributed by atoms with Crippen LogP contribution >= 0.6 is 0 Å². The Bertz CT molecular complexity index is 2510. The molecule has 2 aromatic rings. The average Bonchev–Trinajstić information content (AvgIpc) is 3.92. The van der Waals surface area contributed by atoms with Crippen molar-refractivity contribution in [1.29, 1.82) is 0 Å². The number of phenolic OH excluding ortho intramolecular Hbond substituents is 2. The van der Waals surface area contributed by atoms with E-state index in [0.29, 0.717) is 17.5 Å². The number of carbonyl (C=O) groups excluding carboxylic acids is 10. The van der Waals surface area contributed by atoms with Crippen molar-refractivity contribution in [3.05, 3.63) is 59.7 Å². The minimum absolute atomic E-state index is 0.0393. The first-order chi connectivity index (χ1) is 37.1. The second-order valence-electron chi connectivity index (χ2n) is 19.1. The fourth-order valence-corrected chi connectivity index (χ4v) is 8.16. The molecular formula is C50H71N11O18. The van der Waals surface area contributed by atoms with Gasteiger partial charge in [-0.3, -0.25) is 52.7 Å². The van der Waals surface area contributed by atoms with Crippen molar-refractivity contribution < 1.29 is 88.2 Å². The van der Waals surface area contributed by atoms with E-state index < -0.39 is 170 Å². The first kappa shape index (κ1) is 64.8. The van der Waals surface area contributed by atoms with E-state index in [2.05, 4.69) is 37.2 Å².